The first-order chi connectivity index (χ1) is 10.2. The Morgan fingerprint density at radius 2 is 2.14 bits per heavy atom. The third kappa shape index (κ3) is 2.84. The summed E-state index contributed by atoms with van der Waals surface area (Å²) in [4.78, 5) is 12.2. The molecule has 2 atom stereocenters. The van der Waals surface area contributed by atoms with Gasteiger partial charge in [0.05, 0.1) is 6.20 Å². The summed E-state index contributed by atoms with van der Waals surface area (Å²) in [5, 5.41) is 7.35. The van der Waals surface area contributed by atoms with Crippen LogP contribution in [0.5, 0.6) is 0 Å². The number of carbonyl (C=O) groups is 1. The Labute approximate surface area is 125 Å². The lowest BCUT2D eigenvalue weighted by atomic mass is 10.1. The van der Waals surface area contributed by atoms with Crippen molar-refractivity contribution >= 4 is 5.91 Å². The van der Waals surface area contributed by atoms with Crippen LogP contribution in [0.15, 0.2) is 36.5 Å². The van der Waals surface area contributed by atoms with E-state index >= 15 is 0 Å². The van der Waals surface area contributed by atoms with Crippen LogP contribution in [-0.4, -0.2) is 15.7 Å². The largest absolute Gasteiger partial charge is 0.352 e. The Hall–Kier alpha value is -2.10. The van der Waals surface area contributed by atoms with Crippen LogP contribution in [0.4, 0.5) is 0 Å². The summed E-state index contributed by atoms with van der Waals surface area (Å²) in [6.45, 7) is 5.54. The summed E-state index contributed by atoms with van der Waals surface area (Å²) >= 11 is 0. The van der Waals surface area contributed by atoms with Crippen molar-refractivity contribution < 1.29 is 4.79 Å². The number of benzene rings is 1. The number of aryl methyl sites for hydroxylation is 1. The molecule has 110 valence electrons. The first-order valence-electron chi connectivity index (χ1n) is 7.54. The van der Waals surface area contributed by atoms with Gasteiger partial charge in [-0.05, 0) is 31.7 Å². The second-order valence-corrected chi connectivity index (χ2v) is 5.65. The van der Waals surface area contributed by atoms with Crippen LogP contribution < -0.4 is 5.32 Å². The lowest BCUT2D eigenvalue weighted by Crippen LogP contribution is -2.25. The van der Waals surface area contributed by atoms with Gasteiger partial charge in [0, 0.05) is 30.3 Å². The van der Waals surface area contributed by atoms with E-state index in [1.165, 1.54) is 5.56 Å². The quantitative estimate of drug-likeness (QED) is 0.917. The number of rotatable bonds is 5. The van der Waals surface area contributed by atoms with Crippen LogP contribution in [0.3, 0.4) is 0 Å². The third-order valence-electron chi connectivity index (χ3n) is 4.31. The van der Waals surface area contributed by atoms with Gasteiger partial charge in [0.15, 0.2) is 0 Å². The summed E-state index contributed by atoms with van der Waals surface area (Å²) in [6.07, 6.45) is 2.81. The van der Waals surface area contributed by atoms with Crippen LogP contribution in [0.2, 0.25) is 0 Å². The maximum absolute atomic E-state index is 12.2. The average molecular weight is 283 g/mol. The summed E-state index contributed by atoms with van der Waals surface area (Å²) in [6, 6.07) is 10.3. The predicted octanol–water partition coefficient (Wildman–Crippen LogP) is 2.63. The van der Waals surface area contributed by atoms with E-state index in [2.05, 4.69) is 29.5 Å². The lowest BCUT2D eigenvalue weighted by Gasteiger charge is -2.05. The topological polar surface area (TPSA) is 46.9 Å². The maximum Gasteiger partial charge on any atom is 0.224 e. The van der Waals surface area contributed by atoms with Crippen molar-refractivity contribution in [3.63, 3.8) is 0 Å². The molecule has 21 heavy (non-hydrogen) atoms. The van der Waals surface area contributed by atoms with Gasteiger partial charge in [0.1, 0.15) is 0 Å². The molecular weight excluding hydrogens is 262 g/mol. The molecule has 0 saturated heterocycles. The zero-order chi connectivity index (χ0) is 14.8. The third-order valence-corrected chi connectivity index (χ3v) is 4.31. The number of aromatic nitrogens is 2. The highest BCUT2D eigenvalue weighted by atomic mass is 16.2. The van der Waals surface area contributed by atoms with Gasteiger partial charge < -0.3 is 5.32 Å². The van der Waals surface area contributed by atoms with Crippen molar-refractivity contribution in [3.8, 4) is 0 Å². The van der Waals surface area contributed by atoms with Crippen LogP contribution in [0, 0.1) is 12.8 Å². The predicted molar refractivity (Wildman–Crippen MR) is 81.8 cm³/mol. The van der Waals surface area contributed by atoms with Gasteiger partial charge in [-0.2, -0.15) is 5.10 Å². The Bertz CT molecular complexity index is 633. The molecule has 0 spiro atoms. The van der Waals surface area contributed by atoms with Gasteiger partial charge >= 0.3 is 0 Å². The average Bonchev–Trinajstić information content (AvgIpc) is 3.24. The maximum atomic E-state index is 12.2. The fraction of sp³-hybridized carbons (Fsp3) is 0.412. The first-order valence-corrected chi connectivity index (χ1v) is 7.54. The summed E-state index contributed by atoms with van der Waals surface area (Å²) in [7, 11) is 0. The van der Waals surface area contributed by atoms with Crippen molar-refractivity contribution in [2.75, 3.05) is 0 Å². The van der Waals surface area contributed by atoms with Crippen LogP contribution in [0.1, 0.15) is 36.1 Å². The zero-order valence-corrected chi connectivity index (χ0v) is 12.5. The number of amides is 1. The number of hydrogen-bond acceptors (Lipinski definition) is 2. The molecule has 1 aliphatic carbocycles. The molecule has 1 aromatic carbocycles. The summed E-state index contributed by atoms with van der Waals surface area (Å²) in [5.74, 6) is 0.687. The van der Waals surface area contributed by atoms with E-state index in [9.17, 15) is 4.79 Å². The van der Waals surface area contributed by atoms with E-state index < -0.39 is 0 Å². The second-order valence-electron chi connectivity index (χ2n) is 5.65. The fourth-order valence-corrected chi connectivity index (χ4v) is 2.84. The molecule has 0 radical (unpaired) electrons. The Balaban J connectivity index is 1.55. The highest BCUT2D eigenvalue weighted by Crippen LogP contribution is 2.47. The smallest absolute Gasteiger partial charge is 0.224 e. The molecule has 1 saturated carbocycles. The molecule has 0 unspecified atom stereocenters. The molecule has 1 N–H and O–H groups in total. The standard InChI is InChI=1S/C17H21N3O/c1-3-20-12(2)14(11-19-20)10-18-17(21)16-9-15(16)13-7-5-4-6-8-13/h4-8,11,15-16H,3,9-10H2,1-2H3,(H,18,21)/t15-,16-/m1/s1. The molecule has 0 aliphatic heterocycles. The van der Waals surface area contributed by atoms with Gasteiger partial charge in [-0.25, -0.2) is 0 Å². The van der Waals surface area contributed by atoms with Crippen molar-refractivity contribution in [1.82, 2.24) is 15.1 Å². The van der Waals surface area contributed by atoms with E-state index in [4.69, 9.17) is 0 Å². The molecule has 1 aromatic heterocycles. The van der Waals surface area contributed by atoms with Crippen molar-refractivity contribution in [3.05, 3.63) is 53.3 Å². The van der Waals surface area contributed by atoms with E-state index in [1.54, 1.807) is 0 Å². The van der Waals surface area contributed by atoms with Crippen molar-refractivity contribution in [1.29, 1.82) is 0 Å². The van der Waals surface area contributed by atoms with E-state index in [0.29, 0.717) is 12.5 Å². The summed E-state index contributed by atoms with van der Waals surface area (Å²) in [5.41, 5.74) is 3.50. The molecular formula is C17H21N3O. The minimum atomic E-state index is 0.133. The molecule has 2 aromatic rings. The number of nitrogens with zero attached hydrogens (tertiary/aromatic N) is 2. The second kappa shape index (κ2) is 5.72. The zero-order valence-electron chi connectivity index (χ0n) is 12.5. The Morgan fingerprint density at radius 3 is 2.81 bits per heavy atom. The highest BCUT2D eigenvalue weighted by Gasteiger charge is 2.43. The van der Waals surface area contributed by atoms with Crippen molar-refractivity contribution in [2.24, 2.45) is 5.92 Å². The van der Waals surface area contributed by atoms with E-state index in [0.717, 1.165) is 24.2 Å². The fourth-order valence-electron chi connectivity index (χ4n) is 2.84. The molecule has 1 aliphatic rings. The van der Waals surface area contributed by atoms with E-state index in [-0.39, 0.29) is 11.8 Å². The summed E-state index contributed by atoms with van der Waals surface area (Å²) < 4.78 is 1.95. The number of hydrogen-bond donors (Lipinski definition) is 1. The molecule has 1 fully saturated rings. The van der Waals surface area contributed by atoms with Gasteiger partial charge in [-0.15, -0.1) is 0 Å². The number of nitrogens with one attached hydrogen (secondary N) is 1. The first kappa shape index (κ1) is 13.9. The molecule has 0 bridgehead atoms. The minimum absolute atomic E-state index is 0.133. The van der Waals surface area contributed by atoms with Gasteiger partial charge in [-0.3, -0.25) is 9.48 Å². The highest BCUT2D eigenvalue weighted by molar-refractivity contribution is 5.82. The molecule has 4 nitrogen and oxygen atoms in total. The number of carbonyl (C=O) groups excluding carboxylic acids is 1. The van der Waals surface area contributed by atoms with Gasteiger partial charge in [0.2, 0.25) is 5.91 Å². The monoisotopic (exact) mass is 283 g/mol. The molecule has 1 amide bonds. The van der Waals surface area contributed by atoms with Crippen LogP contribution in [-0.2, 0) is 17.9 Å². The SMILES string of the molecule is CCn1ncc(CNC(=O)[C@@H]2C[C@@H]2c2ccccc2)c1C. The minimum Gasteiger partial charge on any atom is -0.352 e. The van der Waals surface area contributed by atoms with Gasteiger partial charge in [-0.1, -0.05) is 30.3 Å². The normalized spacial score (nSPS) is 20.3. The van der Waals surface area contributed by atoms with Crippen molar-refractivity contribution in [2.45, 2.75) is 39.3 Å². The molecule has 4 heteroatoms. The Kier molecular flexibility index (Phi) is 3.78. The van der Waals surface area contributed by atoms with Crippen LogP contribution in [0.25, 0.3) is 0 Å². The van der Waals surface area contributed by atoms with Gasteiger partial charge in [0.25, 0.3) is 0 Å². The lowest BCUT2D eigenvalue weighted by molar-refractivity contribution is -0.122. The van der Waals surface area contributed by atoms with Crippen LogP contribution >= 0.6 is 0 Å². The van der Waals surface area contributed by atoms with E-state index in [1.807, 2.05) is 36.0 Å². The Morgan fingerprint density at radius 1 is 1.38 bits per heavy atom. The molecule has 3 rings (SSSR count). The molecule has 1 heterocycles.